The highest BCUT2D eigenvalue weighted by atomic mass is 16.2. The van der Waals surface area contributed by atoms with Crippen LogP contribution in [-0.2, 0) is 18.3 Å². The van der Waals surface area contributed by atoms with Crippen LogP contribution in [0, 0.1) is 5.41 Å². The van der Waals surface area contributed by atoms with Gasteiger partial charge in [-0.2, -0.15) is 5.10 Å². The fourth-order valence-electron chi connectivity index (χ4n) is 4.68. The van der Waals surface area contributed by atoms with Crippen molar-refractivity contribution in [3.63, 3.8) is 0 Å². The smallest absolute Gasteiger partial charge is 0.272 e. The van der Waals surface area contributed by atoms with Gasteiger partial charge in [0, 0.05) is 58.4 Å². The lowest BCUT2D eigenvalue weighted by Gasteiger charge is -2.43. The number of aryl methyl sites for hydroxylation is 1. The van der Waals surface area contributed by atoms with E-state index in [9.17, 15) is 9.59 Å². The van der Waals surface area contributed by atoms with Crippen molar-refractivity contribution in [1.29, 1.82) is 0 Å². The molecule has 0 aliphatic carbocycles. The first-order valence-corrected chi connectivity index (χ1v) is 10.7. The molecule has 0 bridgehead atoms. The predicted molar refractivity (Wildman–Crippen MR) is 121 cm³/mol. The van der Waals surface area contributed by atoms with E-state index in [2.05, 4.69) is 21.1 Å². The lowest BCUT2D eigenvalue weighted by Crippen LogP contribution is -2.54. The van der Waals surface area contributed by atoms with E-state index in [0.717, 1.165) is 29.5 Å². The number of hydrogen-bond donors (Lipinski definition) is 0. The summed E-state index contributed by atoms with van der Waals surface area (Å²) in [5.74, 6) is -0.0514. The fourth-order valence-corrected chi connectivity index (χ4v) is 4.68. The van der Waals surface area contributed by atoms with Crippen LogP contribution in [0.3, 0.4) is 0 Å². The van der Waals surface area contributed by atoms with Crippen molar-refractivity contribution in [2.75, 3.05) is 27.2 Å². The van der Waals surface area contributed by atoms with Crippen molar-refractivity contribution in [3.8, 4) is 11.1 Å². The van der Waals surface area contributed by atoms with Crippen LogP contribution in [0.25, 0.3) is 11.1 Å². The molecule has 0 radical (unpaired) electrons. The molecular formula is C24H28N6O2. The van der Waals surface area contributed by atoms with Crippen molar-refractivity contribution < 1.29 is 9.59 Å². The predicted octanol–water partition coefficient (Wildman–Crippen LogP) is 2.43. The zero-order valence-electron chi connectivity index (χ0n) is 18.7. The quantitative estimate of drug-likeness (QED) is 0.618. The molecule has 166 valence electrons. The summed E-state index contributed by atoms with van der Waals surface area (Å²) >= 11 is 0. The first-order chi connectivity index (χ1) is 15.4. The summed E-state index contributed by atoms with van der Waals surface area (Å²) in [4.78, 5) is 38.5. The maximum absolute atomic E-state index is 13.5. The number of carbonyl (C=O) groups excluding carboxylic acids is 2. The normalized spacial score (nSPS) is 18.4. The molecule has 2 amide bonds. The molecule has 1 aliphatic rings. The number of amides is 2. The summed E-state index contributed by atoms with van der Waals surface area (Å²) in [6, 6.07) is 9.76. The third-order valence-corrected chi connectivity index (χ3v) is 6.18. The number of aromatic nitrogens is 4. The molecular weight excluding hydrogens is 404 g/mol. The lowest BCUT2D eigenvalue weighted by atomic mass is 9.73. The standard InChI is InChI=1S/C24H28N6O2/c1-28(2)23(32)24(10-6-12-30(16-24)22(31)21-9-11-27-29(21)3)13-18-7-4-5-8-20(18)19-14-25-17-26-15-19/h4-5,7-9,11,14-15,17H,6,10,12-13,16H2,1-3H3/t24-/m0/s1. The van der Waals surface area contributed by atoms with Gasteiger partial charge in [-0.15, -0.1) is 0 Å². The SMILES string of the molecule is CN(C)C(=O)[C@]1(Cc2ccccc2-c2cncnc2)CCCN(C(=O)c2ccnn2C)C1. The Labute approximate surface area is 187 Å². The molecule has 0 unspecified atom stereocenters. The van der Waals surface area contributed by atoms with E-state index < -0.39 is 5.41 Å². The molecule has 3 aromatic rings. The minimum atomic E-state index is -0.707. The summed E-state index contributed by atoms with van der Waals surface area (Å²) < 4.78 is 1.58. The highest BCUT2D eigenvalue weighted by Gasteiger charge is 2.45. The molecule has 0 saturated carbocycles. The number of nitrogens with zero attached hydrogens (tertiary/aromatic N) is 6. The molecule has 1 fully saturated rings. The highest BCUT2D eigenvalue weighted by molar-refractivity contribution is 5.93. The Morgan fingerprint density at radius 1 is 1.12 bits per heavy atom. The summed E-state index contributed by atoms with van der Waals surface area (Å²) in [6.45, 7) is 0.994. The van der Waals surface area contributed by atoms with Crippen molar-refractivity contribution in [2.24, 2.45) is 12.5 Å². The zero-order valence-corrected chi connectivity index (χ0v) is 18.7. The summed E-state index contributed by atoms with van der Waals surface area (Å²) in [7, 11) is 5.32. The van der Waals surface area contributed by atoms with Gasteiger partial charge in [0.05, 0.1) is 5.41 Å². The van der Waals surface area contributed by atoms with E-state index in [0.29, 0.717) is 25.2 Å². The minimum Gasteiger partial charge on any atom is -0.348 e. The highest BCUT2D eigenvalue weighted by Crippen LogP contribution is 2.38. The Bertz CT molecular complexity index is 1110. The van der Waals surface area contributed by atoms with Gasteiger partial charge >= 0.3 is 0 Å². The summed E-state index contributed by atoms with van der Waals surface area (Å²) in [6.07, 6.45) is 8.71. The number of hydrogen-bond acceptors (Lipinski definition) is 5. The van der Waals surface area contributed by atoms with Crippen LogP contribution in [0.2, 0.25) is 0 Å². The first-order valence-electron chi connectivity index (χ1n) is 10.7. The van der Waals surface area contributed by atoms with Gasteiger partial charge in [0.1, 0.15) is 12.0 Å². The fraction of sp³-hybridized carbons (Fsp3) is 0.375. The van der Waals surface area contributed by atoms with Gasteiger partial charge < -0.3 is 9.80 Å². The Morgan fingerprint density at radius 2 is 1.88 bits per heavy atom. The number of rotatable bonds is 5. The minimum absolute atomic E-state index is 0.0409. The molecule has 0 spiro atoms. The molecule has 8 heteroatoms. The van der Waals surface area contributed by atoms with Gasteiger partial charge in [-0.25, -0.2) is 9.97 Å². The monoisotopic (exact) mass is 432 g/mol. The van der Waals surface area contributed by atoms with Gasteiger partial charge in [-0.1, -0.05) is 24.3 Å². The third-order valence-electron chi connectivity index (χ3n) is 6.18. The molecule has 32 heavy (non-hydrogen) atoms. The van der Waals surface area contributed by atoms with Crippen LogP contribution in [-0.4, -0.2) is 68.5 Å². The van der Waals surface area contributed by atoms with Crippen LogP contribution in [0.1, 0.15) is 28.9 Å². The van der Waals surface area contributed by atoms with Crippen LogP contribution in [0.5, 0.6) is 0 Å². The Morgan fingerprint density at radius 3 is 2.56 bits per heavy atom. The van der Waals surface area contributed by atoms with E-state index in [-0.39, 0.29) is 11.8 Å². The van der Waals surface area contributed by atoms with Gasteiger partial charge in [0.2, 0.25) is 5.91 Å². The van der Waals surface area contributed by atoms with Gasteiger partial charge in [-0.05, 0) is 36.5 Å². The molecule has 3 heterocycles. The van der Waals surface area contributed by atoms with E-state index >= 15 is 0 Å². The molecule has 8 nitrogen and oxygen atoms in total. The molecule has 1 aromatic carbocycles. The second-order valence-corrected chi connectivity index (χ2v) is 8.61. The molecule has 2 aromatic heterocycles. The topological polar surface area (TPSA) is 84.2 Å². The van der Waals surface area contributed by atoms with Crippen LogP contribution >= 0.6 is 0 Å². The van der Waals surface area contributed by atoms with E-state index in [4.69, 9.17) is 0 Å². The molecule has 0 N–H and O–H groups in total. The van der Waals surface area contributed by atoms with Crippen molar-refractivity contribution in [1.82, 2.24) is 29.5 Å². The van der Waals surface area contributed by atoms with Crippen LogP contribution < -0.4 is 0 Å². The van der Waals surface area contributed by atoms with Crippen molar-refractivity contribution >= 4 is 11.8 Å². The maximum Gasteiger partial charge on any atom is 0.272 e. The van der Waals surface area contributed by atoms with Gasteiger partial charge in [0.15, 0.2) is 0 Å². The van der Waals surface area contributed by atoms with Crippen LogP contribution in [0.4, 0.5) is 0 Å². The second-order valence-electron chi connectivity index (χ2n) is 8.61. The first kappa shape index (κ1) is 21.7. The number of likely N-dealkylation sites (tertiary alicyclic amines) is 1. The average molecular weight is 433 g/mol. The van der Waals surface area contributed by atoms with Crippen LogP contribution in [0.15, 0.2) is 55.2 Å². The van der Waals surface area contributed by atoms with Crippen molar-refractivity contribution in [2.45, 2.75) is 19.3 Å². The number of benzene rings is 1. The van der Waals surface area contributed by atoms with E-state index in [1.807, 2.05) is 18.2 Å². The number of piperidine rings is 1. The number of carbonyl (C=O) groups is 2. The summed E-state index contributed by atoms with van der Waals surface area (Å²) in [5.41, 5.74) is 2.79. The lowest BCUT2D eigenvalue weighted by molar-refractivity contribution is -0.142. The summed E-state index contributed by atoms with van der Waals surface area (Å²) in [5, 5.41) is 4.13. The average Bonchev–Trinajstić information content (AvgIpc) is 3.25. The molecule has 1 atom stereocenters. The van der Waals surface area contributed by atoms with Crippen molar-refractivity contribution in [3.05, 3.63) is 66.5 Å². The van der Waals surface area contributed by atoms with E-state index in [1.165, 1.54) is 6.33 Å². The van der Waals surface area contributed by atoms with Gasteiger partial charge in [0.25, 0.3) is 5.91 Å². The Kier molecular flexibility index (Phi) is 6.03. The Hall–Kier alpha value is -3.55. The molecule has 1 aliphatic heterocycles. The maximum atomic E-state index is 13.5. The second kappa shape index (κ2) is 8.90. The zero-order chi connectivity index (χ0) is 22.7. The molecule has 1 saturated heterocycles. The van der Waals surface area contributed by atoms with Gasteiger partial charge in [-0.3, -0.25) is 14.3 Å². The van der Waals surface area contributed by atoms with E-state index in [1.54, 1.807) is 60.3 Å². The Balaban J connectivity index is 1.70. The third kappa shape index (κ3) is 4.12. The molecule has 4 rings (SSSR count). The largest absolute Gasteiger partial charge is 0.348 e.